The first-order valence-corrected chi connectivity index (χ1v) is 8.96. The highest BCUT2D eigenvalue weighted by atomic mass is 32.2. The molecule has 0 fully saturated rings. The highest BCUT2D eigenvalue weighted by molar-refractivity contribution is 7.90. The molecule has 122 valence electrons. The van der Waals surface area contributed by atoms with Crippen molar-refractivity contribution in [1.29, 1.82) is 0 Å². The Morgan fingerprint density at radius 1 is 1.04 bits per heavy atom. The molecule has 0 saturated carbocycles. The minimum atomic E-state index is -3.27. The van der Waals surface area contributed by atoms with Crippen molar-refractivity contribution < 1.29 is 17.7 Å². The molecule has 6 nitrogen and oxygen atoms in total. The van der Waals surface area contributed by atoms with Crippen molar-refractivity contribution in [2.75, 3.05) is 11.6 Å². The first-order valence-electron chi connectivity index (χ1n) is 7.07. The van der Waals surface area contributed by atoms with Crippen LogP contribution in [0.5, 0.6) is 0 Å². The van der Waals surface area contributed by atoms with Crippen LogP contribution in [-0.2, 0) is 9.84 Å². The zero-order valence-corrected chi connectivity index (χ0v) is 13.6. The van der Waals surface area contributed by atoms with Gasteiger partial charge in [-0.1, -0.05) is 35.5 Å². The zero-order chi connectivity index (χ0) is 17.2. The van der Waals surface area contributed by atoms with Crippen molar-refractivity contribution in [3.05, 3.63) is 66.4 Å². The van der Waals surface area contributed by atoms with Gasteiger partial charge in [0.15, 0.2) is 15.6 Å². The van der Waals surface area contributed by atoms with Crippen molar-refractivity contribution >= 4 is 21.4 Å². The molecule has 0 unspecified atom stereocenters. The number of hydrogen-bond acceptors (Lipinski definition) is 5. The average Bonchev–Trinajstić information content (AvgIpc) is 3.05. The molecule has 0 saturated heterocycles. The molecule has 0 spiro atoms. The minimum absolute atomic E-state index is 0.190. The molecular weight excluding hydrogens is 328 g/mol. The molecule has 1 aromatic heterocycles. The van der Waals surface area contributed by atoms with E-state index in [2.05, 4.69) is 10.5 Å². The van der Waals surface area contributed by atoms with Gasteiger partial charge in [-0.2, -0.15) is 0 Å². The summed E-state index contributed by atoms with van der Waals surface area (Å²) < 4.78 is 28.1. The second-order valence-electron chi connectivity index (χ2n) is 5.19. The fraction of sp³-hybridized carbons (Fsp3) is 0.0588. The Labute approximate surface area is 139 Å². The van der Waals surface area contributed by atoms with Crippen LogP contribution < -0.4 is 5.32 Å². The second-order valence-corrected chi connectivity index (χ2v) is 7.20. The maximum atomic E-state index is 12.4. The molecule has 7 heteroatoms. The summed E-state index contributed by atoms with van der Waals surface area (Å²) in [5, 5.41) is 6.39. The van der Waals surface area contributed by atoms with Crippen molar-refractivity contribution in [3.8, 4) is 11.3 Å². The number of benzene rings is 2. The van der Waals surface area contributed by atoms with E-state index in [0.717, 1.165) is 11.8 Å². The second kappa shape index (κ2) is 6.29. The van der Waals surface area contributed by atoms with Gasteiger partial charge in [-0.3, -0.25) is 4.79 Å². The van der Waals surface area contributed by atoms with E-state index in [-0.39, 0.29) is 10.8 Å². The number of nitrogens with one attached hydrogen (secondary N) is 1. The largest absolute Gasteiger partial charge is 0.355 e. The lowest BCUT2D eigenvalue weighted by Gasteiger charge is -2.06. The van der Waals surface area contributed by atoms with Gasteiger partial charge in [0.1, 0.15) is 5.56 Å². The Morgan fingerprint density at radius 3 is 2.33 bits per heavy atom. The smallest absolute Gasteiger partial charge is 0.261 e. The third-order valence-corrected chi connectivity index (χ3v) is 4.52. The zero-order valence-electron chi connectivity index (χ0n) is 12.8. The van der Waals surface area contributed by atoms with Crippen molar-refractivity contribution in [3.63, 3.8) is 0 Å². The van der Waals surface area contributed by atoms with Gasteiger partial charge in [0.25, 0.3) is 5.91 Å². The quantitative estimate of drug-likeness (QED) is 0.787. The summed E-state index contributed by atoms with van der Waals surface area (Å²) in [5.74, 6) is -0.0111. The summed E-state index contributed by atoms with van der Waals surface area (Å²) in [6.45, 7) is 0. The number of carbonyl (C=O) groups is 1. The van der Waals surface area contributed by atoms with Crippen LogP contribution in [0.1, 0.15) is 10.4 Å². The maximum absolute atomic E-state index is 12.4. The van der Waals surface area contributed by atoms with Crippen LogP contribution in [0.15, 0.2) is 70.2 Å². The number of anilines is 1. The molecular formula is C17H14N2O4S. The van der Waals surface area contributed by atoms with Gasteiger partial charge in [0.2, 0.25) is 0 Å². The molecule has 0 aliphatic carbocycles. The van der Waals surface area contributed by atoms with Crippen LogP contribution in [0.25, 0.3) is 11.3 Å². The Hall–Kier alpha value is -2.93. The van der Waals surface area contributed by atoms with Gasteiger partial charge in [-0.05, 0) is 24.3 Å². The van der Waals surface area contributed by atoms with Gasteiger partial charge >= 0.3 is 0 Å². The lowest BCUT2D eigenvalue weighted by atomic mass is 10.1. The fourth-order valence-corrected chi connectivity index (χ4v) is 2.81. The summed E-state index contributed by atoms with van der Waals surface area (Å²) in [4.78, 5) is 12.6. The normalized spacial score (nSPS) is 11.2. The van der Waals surface area contributed by atoms with E-state index in [1.54, 1.807) is 0 Å². The number of sulfone groups is 1. The third kappa shape index (κ3) is 3.36. The third-order valence-electron chi connectivity index (χ3n) is 3.39. The van der Waals surface area contributed by atoms with Crippen LogP contribution in [0, 0.1) is 0 Å². The first-order chi connectivity index (χ1) is 11.4. The number of nitrogens with zero attached hydrogens (tertiary/aromatic N) is 1. The predicted molar refractivity (Wildman–Crippen MR) is 89.4 cm³/mol. The minimum Gasteiger partial charge on any atom is -0.355 e. The van der Waals surface area contributed by atoms with E-state index in [4.69, 9.17) is 4.52 Å². The van der Waals surface area contributed by atoms with Gasteiger partial charge < -0.3 is 9.84 Å². The maximum Gasteiger partial charge on any atom is 0.261 e. The summed E-state index contributed by atoms with van der Waals surface area (Å²) in [6.07, 6.45) is 2.48. The molecule has 3 aromatic rings. The predicted octanol–water partition coefficient (Wildman–Crippen LogP) is 3.00. The average molecular weight is 342 g/mol. The standard InChI is InChI=1S/C17H14N2O4S/c1-24(21,22)14-9-7-13(8-10-14)19-17(20)15-11-18-23-16(15)12-5-3-2-4-6-12/h2-11H,1H3,(H,19,20). The molecule has 1 amide bonds. The monoisotopic (exact) mass is 342 g/mol. The summed E-state index contributed by atoms with van der Waals surface area (Å²) >= 11 is 0. The summed E-state index contributed by atoms with van der Waals surface area (Å²) in [7, 11) is -3.27. The molecule has 24 heavy (non-hydrogen) atoms. The van der Waals surface area contributed by atoms with Crippen molar-refractivity contribution in [2.45, 2.75) is 4.90 Å². The molecule has 0 bridgehead atoms. The lowest BCUT2D eigenvalue weighted by molar-refractivity contribution is 0.102. The van der Waals surface area contributed by atoms with E-state index in [0.29, 0.717) is 17.0 Å². The van der Waals surface area contributed by atoms with Gasteiger partial charge in [0, 0.05) is 17.5 Å². The first kappa shape index (κ1) is 15.9. The fourth-order valence-electron chi connectivity index (χ4n) is 2.18. The number of aromatic nitrogens is 1. The molecule has 3 rings (SSSR count). The molecule has 0 aliphatic heterocycles. The lowest BCUT2D eigenvalue weighted by Crippen LogP contribution is -2.12. The topological polar surface area (TPSA) is 89.3 Å². The van der Waals surface area contributed by atoms with Gasteiger partial charge in [-0.25, -0.2) is 8.42 Å². The molecule has 0 aliphatic rings. The number of carbonyl (C=O) groups excluding carboxylic acids is 1. The van der Waals surface area contributed by atoms with E-state index >= 15 is 0 Å². The van der Waals surface area contributed by atoms with E-state index in [1.165, 1.54) is 30.5 Å². The number of amides is 1. The van der Waals surface area contributed by atoms with Gasteiger partial charge in [-0.15, -0.1) is 0 Å². The van der Waals surface area contributed by atoms with Gasteiger partial charge in [0.05, 0.1) is 11.1 Å². The Bertz CT molecular complexity index is 961. The number of rotatable bonds is 4. The van der Waals surface area contributed by atoms with Crippen molar-refractivity contribution in [2.24, 2.45) is 0 Å². The van der Waals surface area contributed by atoms with E-state index < -0.39 is 9.84 Å². The highest BCUT2D eigenvalue weighted by Gasteiger charge is 2.18. The van der Waals surface area contributed by atoms with Crippen LogP contribution in [0.4, 0.5) is 5.69 Å². The SMILES string of the molecule is CS(=O)(=O)c1ccc(NC(=O)c2cnoc2-c2ccccc2)cc1. The van der Waals surface area contributed by atoms with Crippen LogP contribution in [-0.4, -0.2) is 25.7 Å². The number of hydrogen-bond donors (Lipinski definition) is 1. The summed E-state index contributed by atoms with van der Waals surface area (Å²) in [6, 6.07) is 15.1. The Kier molecular flexibility index (Phi) is 4.18. The molecule has 2 aromatic carbocycles. The van der Waals surface area contributed by atoms with E-state index in [1.807, 2.05) is 30.3 Å². The highest BCUT2D eigenvalue weighted by Crippen LogP contribution is 2.24. The van der Waals surface area contributed by atoms with Crippen LogP contribution >= 0.6 is 0 Å². The van der Waals surface area contributed by atoms with Crippen molar-refractivity contribution in [1.82, 2.24) is 5.16 Å². The summed E-state index contributed by atoms with van der Waals surface area (Å²) in [5.41, 5.74) is 1.52. The van der Waals surface area contributed by atoms with Crippen LogP contribution in [0.3, 0.4) is 0 Å². The van der Waals surface area contributed by atoms with E-state index in [9.17, 15) is 13.2 Å². The molecule has 1 N–H and O–H groups in total. The molecule has 1 heterocycles. The Morgan fingerprint density at radius 2 is 1.71 bits per heavy atom. The molecule has 0 radical (unpaired) electrons. The Balaban J connectivity index is 1.83. The van der Waals surface area contributed by atoms with Crippen LogP contribution in [0.2, 0.25) is 0 Å². The molecule has 0 atom stereocenters.